The van der Waals surface area contributed by atoms with E-state index in [1.165, 1.54) is 36.5 Å². The van der Waals surface area contributed by atoms with E-state index in [1.54, 1.807) is 12.3 Å². The summed E-state index contributed by atoms with van der Waals surface area (Å²) in [5, 5.41) is 5.19. The van der Waals surface area contributed by atoms with E-state index in [1.807, 2.05) is 17.4 Å². The first kappa shape index (κ1) is 17.8. The summed E-state index contributed by atoms with van der Waals surface area (Å²) < 4.78 is 2.61. The quantitative estimate of drug-likeness (QED) is 0.261. The van der Waals surface area contributed by atoms with Crippen LogP contribution >= 0.6 is 11.3 Å². The van der Waals surface area contributed by atoms with Crippen molar-refractivity contribution in [1.82, 2.24) is 4.98 Å². The van der Waals surface area contributed by atoms with Crippen LogP contribution in [-0.4, -0.2) is 4.98 Å². The summed E-state index contributed by atoms with van der Waals surface area (Å²) >= 11 is 1.85. The summed E-state index contributed by atoms with van der Waals surface area (Å²) in [6.07, 6.45) is 1.70. The van der Waals surface area contributed by atoms with Crippen LogP contribution in [0.1, 0.15) is 0 Å². The molecule has 0 spiro atoms. The fourth-order valence-corrected chi connectivity index (χ4v) is 5.48. The maximum absolute atomic E-state index is 7.29. The second-order valence-corrected chi connectivity index (χ2v) is 8.62. The predicted molar refractivity (Wildman–Crippen MR) is 132 cm³/mol. The summed E-state index contributed by atoms with van der Waals surface area (Å²) in [5.41, 5.74) is 4.82. The first-order chi connectivity index (χ1) is 15.3. The van der Waals surface area contributed by atoms with E-state index in [0.717, 1.165) is 16.8 Å². The molecule has 6 rings (SSSR count). The molecule has 0 unspecified atom stereocenters. The van der Waals surface area contributed by atoms with E-state index in [0.29, 0.717) is 5.69 Å². The van der Waals surface area contributed by atoms with Gasteiger partial charge in [0, 0.05) is 26.4 Å². The predicted octanol–water partition coefficient (Wildman–Crippen LogP) is 8.49. The zero-order valence-electron chi connectivity index (χ0n) is 16.5. The molecular formula is C28H16N2S. The molecule has 144 valence electrons. The van der Waals surface area contributed by atoms with Crippen molar-refractivity contribution in [3.05, 3.63) is 109 Å². The van der Waals surface area contributed by atoms with Crippen LogP contribution in [0.3, 0.4) is 0 Å². The summed E-state index contributed by atoms with van der Waals surface area (Å²) in [7, 11) is 0. The topological polar surface area (TPSA) is 17.2 Å². The van der Waals surface area contributed by atoms with Gasteiger partial charge in [-0.15, -0.1) is 11.3 Å². The van der Waals surface area contributed by atoms with Gasteiger partial charge in [0.15, 0.2) is 5.69 Å². The highest BCUT2D eigenvalue weighted by atomic mass is 32.1. The minimum atomic E-state index is 0.604. The van der Waals surface area contributed by atoms with Gasteiger partial charge < -0.3 is 0 Å². The van der Waals surface area contributed by atoms with Gasteiger partial charge >= 0.3 is 0 Å². The Morgan fingerprint density at radius 1 is 0.677 bits per heavy atom. The van der Waals surface area contributed by atoms with Gasteiger partial charge in [-0.3, -0.25) is 4.98 Å². The Morgan fingerprint density at radius 3 is 2.32 bits per heavy atom. The first-order valence-corrected chi connectivity index (χ1v) is 10.9. The van der Waals surface area contributed by atoms with Crippen LogP contribution in [0.25, 0.3) is 58.2 Å². The summed E-state index contributed by atoms with van der Waals surface area (Å²) in [6.45, 7) is 7.29. The van der Waals surface area contributed by atoms with Crippen molar-refractivity contribution >= 4 is 48.0 Å². The lowest BCUT2D eigenvalue weighted by atomic mass is 9.94. The van der Waals surface area contributed by atoms with Gasteiger partial charge in [0.2, 0.25) is 0 Å². The van der Waals surface area contributed by atoms with Crippen molar-refractivity contribution in [1.29, 1.82) is 0 Å². The Balaban J connectivity index is 1.63. The summed E-state index contributed by atoms with van der Waals surface area (Å²) in [6, 6.07) is 31.7. The zero-order chi connectivity index (χ0) is 20.8. The van der Waals surface area contributed by atoms with Crippen LogP contribution in [0.5, 0.6) is 0 Å². The fourth-order valence-electron chi connectivity index (χ4n) is 4.32. The number of nitrogens with zero attached hydrogens (tertiary/aromatic N) is 2. The lowest BCUT2D eigenvalue weighted by molar-refractivity contribution is 1.33. The van der Waals surface area contributed by atoms with Gasteiger partial charge in [0.05, 0.1) is 12.3 Å². The molecule has 0 aliphatic carbocycles. The Morgan fingerprint density at radius 2 is 1.45 bits per heavy atom. The minimum Gasteiger partial charge on any atom is -0.259 e. The molecule has 0 aliphatic heterocycles. The van der Waals surface area contributed by atoms with Crippen molar-refractivity contribution < 1.29 is 0 Å². The number of aromatic nitrogens is 1. The summed E-state index contributed by atoms with van der Waals surface area (Å²) in [4.78, 5) is 8.04. The molecule has 0 aliphatic rings. The minimum absolute atomic E-state index is 0.604. The number of hydrogen-bond acceptors (Lipinski definition) is 2. The number of pyridine rings is 1. The van der Waals surface area contributed by atoms with Crippen molar-refractivity contribution in [3.63, 3.8) is 0 Å². The Bertz CT molecular complexity index is 1650. The van der Waals surface area contributed by atoms with Gasteiger partial charge in [-0.1, -0.05) is 60.7 Å². The molecule has 0 saturated carbocycles. The van der Waals surface area contributed by atoms with Crippen molar-refractivity contribution in [2.45, 2.75) is 0 Å². The average Bonchev–Trinajstić information content (AvgIpc) is 3.22. The van der Waals surface area contributed by atoms with E-state index >= 15 is 0 Å². The third-order valence-electron chi connectivity index (χ3n) is 5.73. The highest BCUT2D eigenvalue weighted by Gasteiger charge is 2.13. The number of rotatable bonds is 2. The standard InChI is InChI=1S/C28H16N2S/c1-29-20-13-14-30-25(16-20)19-8-6-7-18(15-19)24-17-27-28(22-10-3-2-9-21(22)24)23-11-4-5-12-26(23)31-27/h2-17H. The monoisotopic (exact) mass is 412 g/mol. The Kier molecular flexibility index (Phi) is 4.06. The van der Waals surface area contributed by atoms with Crippen LogP contribution in [0.4, 0.5) is 5.69 Å². The van der Waals surface area contributed by atoms with Crippen LogP contribution in [-0.2, 0) is 0 Å². The fraction of sp³-hybridized carbons (Fsp3) is 0. The molecule has 2 heterocycles. The van der Waals surface area contributed by atoms with E-state index in [2.05, 4.69) is 88.7 Å². The number of benzene rings is 4. The van der Waals surface area contributed by atoms with Gasteiger partial charge in [-0.2, -0.15) is 0 Å². The molecule has 0 bridgehead atoms. The highest BCUT2D eigenvalue weighted by molar-refractivity contribution is 7.26. The van der Waals surface area contributed by atoms with E-state index < -0.39 is 0 Å². The smallest absolute Gasteiger partial charge is 0.190 e. The first-order valence-electron chi connectivity index (χ1n) is 10.1. The number of thiophene rings is 1. The average molecular weight is 413 g/mol. The van der Waals surface area contributed by atoms with E-state index in [9.17, 15) is 0 Å². The van der Waals surface area contributed by atoms with Gasteiger partial charge in [-0.05, 0) is 57.8 Å². The molecule has 3 heteroatoms. The second kappa shape index (κ2) is 7.05. The van der Waals surface area contributed by atoms with Gasteiger partial charge in [0.1, 0.15) is 0 Å². The van der Waals surface area contributed by atoms with Gasteiger partial charge in [-0.25, -0.2) is 4.85 Å². The Labute approximate surface area is 183 Å². The molecule has 2 aromatic heterocycles. The lowest BCUT2D eigenvalue weighted by Crippen LogP contribution is -1.86. The summed E-state index contributed by atoms with van der Waals surface area (Å²) in [5.74, 6) is 0. The molecule has 0 amide bonds. The Hall–Kier alpha value is -4.00. The molecule has 6 aromatic rings. The number of fused-ring (bicyclic) bond motifs is 5. The largest absolute Gasteiger partial charge is 0.259 e. The second-order valence-electron chi connectivity index (χ2n) is 7.53. The van der Waals surface area contributed by atoms with Crippen molar-refractivity contribution in [2.24, 2.45) is 0 Å². The molecule has 2 nitrogen and oxygen atoms in total. The lowest BCUT2D eigenvalue weighted by Gasteiger charge is -2.11. The molecular weight excluding hydrogens is 396 g/mol. The molecule has 0 N–H and O–H groups in total. The maximum Gasteiger partial charge on any atom is 0.190 e. The molecule has 0 atom stereocenters. The normalized spacial score (nSPS) is 11.2. The SMILES string of the molecule is [C-]#[N+]c1ccnc(-c2cccc(-c3cc4sc5ccccc5c4c4ccccc34)c2)c1. The molecule has 31 heavy (non-hydrogen) atoms. The van der Waals surface area contributed by atoms with E-state index in [4.69, 9.17) is 6.57 Å². The van der Waals surface area contributed by atoms with E-state index in [-0.39, 0.29) is 0 Å². The third kappa shape index (κ3) is 2.89. The maximum atomic E-state index is 7.29. The molecule has 0 saturated heterocycles. The highest BCUT2D eigenvalue weighted by Crippen LogP contribution is 2.42. The number of hydrogen-bond donors (Lipinski definition) is 0. The van der Waals surface area contributed by atoms with Crippen LogP contribution in [0.2, 0.25) is 0 Å². The third-order valence-corrected chi connectivity index (χ3v) is 6.84. The molecule has 0 radical (unpaired) electrons. The molecule has 0 fully saturated rings. The van der Waals surface area contributed by atoms with Crippen LogP contribution < -0.4 is 0 Å². The van der Waals surface area contributed by atoms with Crippen LogP contribution in [0.15, 0.2) is 97.2 Å². The van der Waals surface area contributed by atoms with Crippen molar-refractivity contribution in [3.8, 4) is 22.4 Å². The molecule has 4 aromatic carbocycles. The van der Waals surface area contributed by atoms with Crippen LogP contribution in [0, 0.1) is 6.57 Å². The van der Waals surface area contributed by atoms with Gasteiger partial charge in [0.25, 0.3) is 0 Å². The zero-order valence-corrected chi connectivity index (χ0v) is 17.4. The van der Waals surface area contributed by atoms with Crippen molar-refractivity contribution in [2.75, 3.05) is 0 Å².